The maximum Gasteiger partial charge on any atom is 0.277 e. The summed E-state index contributed by atoms with van der Waals surface area (Å²) in [6.07, 6.45) is 0. The number of hydrogen-bond donors (Lipinski definition) is 1. The van der Waals surface area contributed by atoms with E-state index in [9.17, 15) is 4.79 Å². The van der Waals surface area contributed by atoms with Crippen LogP contribution in [0.15, 0.2) is 49.0 Å². The molecule has 7 nitrogen and oxygen atoms in total. The SMILES string of the molecule is Cc1cc(NC(=O)[C@H](C)Sc2nnc(-c3ccccc3Br)o2)no1. The summed E-state index contributed by atoms with van der Waals surface area (Å²) in [5.41, 5.74) is 0.798. The highest BCUT2D eigenvalue weighted by atomic mass is 79.9. The first kappa shape index (κ1) is 16.7. The van der Waals surface area contributed by atoms with Gasteiger partial charge in [0.1, 0.15) is 5.76 Å². The Kier molecular flexibility index (Phi) is 5.00. The molecule has 2 aromatic heterocycles. The number of amides is 1. The molecule has 0 bridgehead atoms. The van der Waals surface area contributed by atoms with Crippen LogP contribution in [0, 0.1) is 6.92 Å². The first-order chi connectivity index (χ1) is 11.5. The van der Waals surface area contributed by atoms with Crippen molar-refractivity contribution >= 4 is 39.4 Å². The van der Waals surface area contributed by atoms with Gasteiger partial charge in [0.15, 0.2) is 5.82 Å². The van der Waals surface area contributed by atoms with E-state index in [1.807, 2.05) is 24.3 Å². The molecule has 1 aromatic carbocycles. The van der Waals surface area contributed by atoms with E-state index in [0.717, 1.165) is 10.0 Å². The van der Waals surface area contributed by atoms with Crippen molar-refractivity contribution in [3.8, 4) is 11.5 Å². The topological polar surface area (TPSA) is 94.1 Å². The summed E-state index contributed by atoms with van der Waals surface area (Å²) >= 11 is 4.61. The van der Waals surface area contributed by atoms with E-state index in [0.29, 0.717) is 22.7 Å². The fourth-order valence-electron chi connectivity index (χ4n) is 1.86. The zero-order valence-electron chi connectivity index (χ0n) is 12.8. The van der Waals surface area contributed by atoms with Crippen molar-refractivity contribution < 1.29 is 13.7 Å². The number of halogens is 1. The highest BCUT2D eigenvalue weighted by Crippen LogP contribution is 2.30. The summed E-state index contributed by atoms with van der Waals surface area (Å²) in [4.78, 5) is 12.1. The normalized spacial score (nSPS) is 12.1. The monoisotopic (exact) mass is 408 g/mol. The molecule has 0 spiro atoms. The standard InChI is InChI=1S/C15H13BrN4O3S/c1-8-7-12(20-23-8)17-13(21)9(2)24-15-19-18-14(22-15)10-5-3-4-6-11(10)16/h3-7,9H,1-2H3,(H,17,20,21)/t9-/m0/s1. The third-order valence-electron chi connectivity index (χ3n) is 3.04. The molecular weight excluding hydrogens is 396 g/mol. The Morgan fingerprint density at radius 1 is 1.33 bits per heavy atom. The number of carbonyl (C=O) groups excluding carboxylic acids is 1. The van der Waals surface area contributed by atoms with Gasteiger partial charge in [0.25, 0.3) is 5.22 Å². The third-order valence-corrected chi connectivity index (χ3v) is 4.66. The summed E-state index contributed by atoms with van der Waals surface area (Å²) in [5.74, 6) is 1.17. The number of hydrogen-bond acceptors (Lipinski definition) is 7. The zero-order chi connectivity index (χ0) is 17.1. The number of rotatable bonds is 5. The van der Waals surface area contributed by atoms with E-state index < -0.39 is 5.25 Å². The van der Waals surface area contributed by atoms with Gasteiger partial charge in [-0.2, -0.15) is 0 Å². The minimum atomic E-state index is -0.436. The Morgan fingerprint density at radius 2 is 2.12 bits per heavy atom. The molecule has 0 saturated carbocycles. The summed E-state index contributed by atoms with van der Waals surface area (Å²) in [6.45, 7) is 3.50. The minimum Gasteiger partial charge on any atom is -0.411 e. The lowest BCUT2D eigenvalue weighted by atomic mass is 10.2. The average Bonchev–Trinajstić information content (AvgIpc) is 3.17. The van der Waals surface area contributed by atoms with Crippen LogP contribution in [0.3, 0.4) is 0 Å². The fourth-order valence-corrected chi connectivity index (χ4v) is 3.00. The zero-order valence-corrected chi connectivity index (χ0v) is 15.2. The van der Waals surface area contributed by atoms with Crippen LogP contribution >= 0.6 is 27.7 Å². The van der Waals surface area contributed by atoms with E-state index >= 15 is 0 Å². The van der Waals surface area contributed by atoms with Gasteiger partial charge in [-0.1, -0.05) is 29.1 Å². The van der Waals surface area contributed by atoms with Crippen LogP contribution in [-0.4, -0.2) is 26.5 Å². The maximum absolute atomic E-state index is 12.1. The molecule has 0 aliphatic rings. The predicted molar refractivity (Wildman–Crippen MR) is 92.6 cm³/mol. The molecule has 0 fully saturated rings. The molecule has 2 heterocycles. The summed E-state index contributed by atoms with van der Waals surface area (Å²) in [7, 11) is 0. The van der Waals surface area contributed by atoms with Crippen LogP contribution in [0.5, 0.6) is 0 Å². The van der Waals surface area contributed by atoms with E-state index in [2.05, 4.69) is 36.6 Å². The van der Waals surface area contributed by atoms with Gasteiger partial charge in [-0.15, -0.1) is 10.2 Å². The van der Waals surface area contributed by atoms with Gasteiger partial charge < -0.3 is 14.3 Å². The molecule has 1 N–H and O–H groups in total. The number of anilines is 1. The second kappa shape index (κ2) is 7.18. The molecule has 3 aromatic rings. The highest BCUT2D eigenvalue weighted by Gasteiger charge is 2.20. The maximum atomic E-state index is 12.1. The highest BCUT2D eigenvalue weighted by molar-refractivity contribution is 9.10. The van der Waals surface area contributed by atoms with Crippen LogP contribution in [-0.2, 0) is 4.79 Å². The first-order valence-corrected chi connectivity index (χ1v) is 8.69. The summed E-state index contributed by atoms with van der Waals surface area (Å²) < 4.78 is 11.4. The van der Waals surface area contributed by atoms with Crippen LogP contribution in [0.1, 0.15) is 12.7 Å². The molecule has 1 atom stereocenters. The second-order valence-electron chi connectivity index (χ2n) is 4.93. The van der Waals surface area contributed by atoms with Crippen molar-refractivity contribution in [3.63, 3.8) is 0 Å². The lowest BCUT2D eigenvalue weighted by Gasteiger charge is -2.06. The van der Waals surface area contributed by atoms with Crippen LogP contribution in [0.25, 0.3) is 11.5 Å². The number of carbonyl (C=O) groups is 1. The van der Waals surface area contributed by atoms with Crippen molar-refractivity contribution in [2.75, 3.05) is 5.32 Å². The Labute approximate surface area is 150 Å². The number of aromatic nitrogens is 3. The molecule has 24 heavy (non-hydrogen) atoms. The molecule has 1 amide bonds. The van der Waals surface area contributed by atoms with Crippen molar-refractivity contribution in [2.45, 2.75) is 24.3 Å². The molecule has 0 radical (unpaired) electrons. The van der Waals surface area contributed by atoms with E-state index in [-0.39, 0.29) is 5.91 Å². The largest absolute Gasteiger partial charge is 0.411 e. The smallest absolute Gasteiger partial charge is 0.277 e. The van der Waals surface area contributed by atoms with Crippen molar-refractivity contribution in [2.24, 2.45) is 0 Å². The lowest BCUT2D eigenvalue weighted by Crippen LogP contribution is -2.22. The number of nitrogens with one attached hydrogen (secondary N) is 1. The van der Waals surface area contributed by atoms with Crippen LogP contribution in [0.2, 0.25) is 0 Å². The number of nitrogens with zero attached hydrogens (tertiary/aromatic N) is 3. The first-order valence-electron chi connectivity index (χ1n) is 7.02. The van der Waals surface area contributed by atoms with Crippen molar-refractivity contribution in [3.05, 3.63) is 40.6 Å². The molecule has 0 aliphatic heterocycles. The van der Waals surface area contributed by atoms with Gasteiger partial charge in [0.2, 0.25) is 11.8 Å². The van der Waals surface area contributed by atoms with Gasteiger partial charge in [0.05, 0.1) is 10.8 Å². The summed E-state index contributed by atoms with van der Waals surface area (Å²) in [5, 5.41) is 14.3. The van der Waals surface area contributed by atoms with E-state index in [1.165, 1.54) is 11.8 Å². The van der Waals surface area contributed by atoms with Gasteiger partial charge in [-0.25, -0.2) is 0 Å². The predicted octanol–water partition coefficient (Wildman–Crippen LogP) is 3.91. The lowest BCUT2D eigenvalue weighted by molar-refractivity contribution is -0.115. The van der Waals surface area contributed by atoms with E-state index in [4.69, 9.17) is 8.94 Å². The average molecular weight is 409 g/mol. The van der Waals surface area contributed by atoms with Gasteiger partial charge in [-0.3, -0.25) is 4.79 Å². The van der Waals surface area contributed by atoms with Crippen LogP contribution in [0.4, 0.5) is 5.82 Å². The van der Waals surface area contributed by atoms with Gasteiger partial charge in [-0.05, 0) is 41.9 Å². The van der Waals surface area contributed by atoms with Gasteiger partial charge >= 0.3 is 0 Å². The Hall–Kier alpha value is -2.13. The van der Waals surface area contributed by atoms with Crippen molar-refractivity contribution in [1.29, 1.82) is 0 Å². The quantitative estimate of drug-likeness (QED) is 0.639. The molecule has 0 unspecified atom stereocenters. The summed E-state index contributed by atoms with van der Waals surface area (Å²) in [6, 6.07) is 9.19. The fraction of sp³-hybridized carbons (Fsp3) is 0.200. The molecule has 124 valence electrons. The van der Waals surface area contributed by atoms with Crippen LogP contribution < -0.4 is 5.32 Å². The number of aryl methyl sites for hydroxylation is 1. The molecule has 9 heteroatoms. The molecule has 0 aliphatic carbocycles. The number of thioether (sulfide) groups is 1. The second-order valence-corrected chi connectivity index (χ2v) is 7.07. The Bertz CT molecular complexity index is 864. The van der Waals surface area contributed by atoms with Gasteiger partial charge in [0, 0.05) is 10.5 Å². The van der Waals surface area contributed by atoms with Crippen molar-refractivity contribution in [1.82, 2.24) is 15.4 Å². The molecular formula is C15H13BrN4O3S. The van der Waals surface area contributed by atoms with E-state index in [1.54, 1.807) is 19.9 Å². The molecule has 0 saturated heterocycles. The minimum absolute atomic E-state index is 0.228. The third kappa shape index (κ3) is 3.85. The number of benzene rings is 1. The Morgan fingerprint density at radius 3 is 2.83 bits per heavy atom. The molecule has 3 rings (SSSR count). The Balaban J connectivity index is 1.66.